The van der Waals surface area contributed by atoms with Crippen LogP contribution in [0.15, 0.2) is 36.4 Å². The third-order valence-corrected chi connectivity index (χ3v) is 4.04. The molecule has 0 radical (unpaired) electrons. The first kappa shape index (κ1) is 16.4. The number of anilines is 1. The van der Waals surface area contributed by atoms with Crippen molar-refractivity contribution in [3.05, 3.63) is 42.0 Å². The van der Waals surface area contributed by atoms with Crippen LogP contribution in [-0.2, 0) is 14.4 Å². The quantitative estimate of drug-likeness (QED) is 0.779. The second kappa shape index (κ2) is 6.87. The number of hydrogen-bond acceptors (Lipinski definition) is 6. The van der Waals surface area contributed by atoms with Crippen LogP contribution < -0.4 is 4.90 Å². The van der Waals surface area contributed by atoms with Crippen molar-refractivity contribution < 1.29 is 24.6 Å². The fraction of sp³-hybridized carbons (Fsp3) is 0.267. The molecule has 0 spiro atoms. The van der Waals surface area contributed by atoms with Crippen LogP contribution in [-0.4, -0.2) is 39.0 Å². The summed E-state index contributed by atoms with van der Waals surface area (Å²) in [6, 6.07) is 6.10. The lowest BCUT2D eigenvalue weighted by Crippen LogP contribution is -2.29. The molecular weight excluding hydrogens is 306 g/mol. The van der Waals surface area contributed by atoms with Gasteiger partial charge >= 0.3 is 0 Å². The van der Waals surface area contributed by atoms with Crippen molar-refractivity contribution in [2.45, 2.75) is 19.1 Å². The molecule has 1 aliphatic heterocycles. The Labute approximate surface area is 131 Å². The van der Waals surface area contributed by atoms with Crippen LogP contribution in [0, 0.1) is 0 Å². The standard InChI is InChI=1S/C15H15NO5S/c1-9(17)22-8-12(18)15(21)10-2-4-11(5-3-10)16-13(19)6-7-14(16)20/h2-7,12,15,18,21H,8H2,1H3. The van der Waals surface area contributed by atoms with Gasteiger partial charge in [0.1, 0.15) is 6.10 Å². The van der Waals surface area contributed by atoms with E-state index >= 15 is 0 Å². The fourth-order valence-electron chi connectivity index (χ4n) is 1.99. The summed E-state index contributed by atoms with van der Waals surface area (Å²) in [6.45, 7) is 1.39. The van der Waals surface area contributed by atoms with Crippen molar-refractivity contribution in [1.29, 1.82) is 0 Å². The van der Waals surface area contributed by atoms with Crippen molar-refractivity contribution in [2.24, 2.45) is 0 Å². The Morgan fingerprint density at radius 2 is 1.68 bits per heavy atom. The fourth-order valence-corrected chi connectivity index (χ4v) is 2.58. The van der Waals surface area contributed by atoms with Crippen LogP contribution in [0.1, 0.15) is 18.6 Å². The maximum atomic E-state index is 11.6. The van der Waals surface area contributed by atoms with E-state index in [1.54, 1.807) is 0 Å². The zero-order valence-corrected chi connectivity index (χ0v) is 12.6. The highest BCUT2D eigenvalue weighted by molar-refractivity contribution is 8.13. The molecule has 0 saturated carbocycles. The van der Waals surface area contributed by atoms with Gasteiger partial charge in [-0.1, -0.05) is 23.9 Å². The van der Waals surface area contributed by atoms with E-state index in [4.69, 9.17) is 0 Å². The van der Waals surface area contributed by atoms with Gasteiger partial charge in [-0.15, -0.1) is 0 Å². The summed E-state index contributed by atoms with van der Waals surface area (Å²) in [7, 11) is 0. The van der Waals surface area contributed by atoms with Crippen molar-refractivity contribution >= 4 is 34.4 Å². The Balaban J connectivity index is 2.07. The summed E-state index contributed by atoms with van der Waals surface area (Å²) in [5.74, 6) is -0.752. The van der Waals surface area contributed by atoms with Gasteiger partial charge in [0, 0.05) is 24.8 Å². The summed E-state index contributed by atoms with van der Waals surface area (Å²) in [5, 5.41) is 19.7. The molecule has 1 aromatic rings. The van der Waals surface area contributed by atoms with Gasteiger partial charge in [-0.25, -0.2) is 4.90 Å². The van der Waals surface area contributed by atoms with Gasteiger partial charge in [-0.3, -0.25) is 14.4 Å². The summed E-state index contributed by atoms with van der Waals surface area (Å²) in [4.78, 5) is 35.0. The highest BCUT2D eigenvalue weighted by Crippen LogP contribution is 2.24. The number of aliphatic hydroxyl groups is 2. The lowest BCUT2D eigenvalue weighted by molar-refractivity contribution is -0.120. The normalized spacial score (nSPS) is 17.0. The third kappa shape index (κ3) is 3.62. The smallest absolute Gasteiger partial charge is 0.258 e. The van der Waals surface area contributed by atoms with E-state index < -0.39 is 24.0 Å². The van der Waals surface area contributed by atoms with E-state index in [-0.39, 0.29) is 10.9 Å². The molecule has 0 fully saturated rings. The Bertz CT molecular complexity index is 607. The summed E-state index contributed by atoms with van der Waals surface area (Å²) in [5.41, 5.74) is 0.830. The molecule has 0 aliphatic carbocycles. The van der Waals surface area contributed by atoms with Gasteiger partial charge in [0.05, 0.1) is 11.8 Å². The van der Waals surface area contributed by atoms with Gasteiger partial charge in [-0.2, -0.15) is 0 Å². The van der Waals surface area contributed by atoms with Crippen molar-refractivity contribution in [1.82, 2.24) is 0 Å². The number of aliphatic hydroxyl groups excluding tert-OH is 2. The molecule has 2 rings (SSSR count). The minimum Gasteiger partial charge on any atom is -0.389 e. The molecule has 1 aromatic carbocycles. The van der Waals surface area contributed by atoms with Gasteiger partial charge in [0.2, 0.25) is 0 Å². The molecule has 0 bridgehead atoms. The first-order chi connectivity index (χ1) is 10.4. The highest BCUT2D eigenvalue weighted by atomic mass is 32.2. The average Bonchev–Trinajstić information content (AvgIpc) is 2.83. The molecule has 2 N–H and O–H groups in total. The Morgan fingerprint density at radius 1 is 1.14 bits per heavy atom. The molecule has 1 heterocycles. The number of thioether (sulfide) groups is 1. The maximum Gasteiger partial charge on any atom is 0.258 e. The van der Waals surface area contributed by atoms with Crippen molar-refractivity contribution in [3.63, 3.8) is 0 Å². The van der Waals surface area contributed by atoms with Crippen molar-refractivity contribution in [3.8, 4) is 0 Å². The Hall–Kier alpha value is -1.96. The van der Waals surface area contributed by atoms with Gasteiger partial charge in [0.15, 0.2) is 5.12 Å². The van der Waals surface area contributed by atoms with Crippen LogP contribution >= 0.6 is 11.8 Å². The largest absolute Gasteiger partial charge is 0.389 e. The zero-order valence-electron chi connectivity index (χ0n) is 11.8. The second-order valence-electron chi connectivity index (χ2n) is 4.75. The highest BCUT2D eigenvalue weighted by Gasteiger charge is 2.25. The Morgan fingerprint density at radius 3 is 2.18 bits per heavy atom. The van der Waals surface area contributed by atoms with Gasteiger partial charge in [-0.05, 0) is 17.7 Å². The maximum absolute atomic E-state index is 11.6. The van der Waals surface area contributed by atoms with E-state index in [0.29, 0.717) is 11.3 Å². The molecule has 7 heteroatoms. The molecule has 2 amide bonds. The predicted molar refractivity (Wildman–Crippen MR) is 82.2 cm³/mol. The monoisotopic (exact) mass is 321 g/mol. The van der Waals surface area contributed by atoms with Crippen molar-refractivity contribution in [2.75, 3.05) is 10.7 Å². The minimum absolute atomic E-state index is 0.0886. The zero-order chi connectivity index (χ0) is 16.3. The average molecular weight is 321 g/mol. The summed E-state index contributed by atoms with van der Waals surface area (Å²) >= 11 is 0.932. The number of hydrogen-bond donors (Lipinski definition) is 2. The number of carbonyl (C=O) groups is 3. The molecule has 2 atom stereocenters. The topological polar surface area (TPSA) is 94.9 Å². The third-order valence-electron chi connectivity index (χ3n) is 3.12. The molecule has 6 nitrogen and oxygen atoms in total. The SMILES string of the molecule is CC(=O)SCC(O)C(O)c1ccc(N2C(=O)C=CC2=O)cc1. The van der Waals surface area contributed by atoms with Gasteiger partial charge < -0.3 is 10.2 Å². The number of nitrogens with zero attached hydrogens (tertiary/aromatic N) is 1. The summed E-state index contributed by atoms with van der Waals surface area (Å²) < 4.78 is 0. The number of carbonyl (C=O) groups excluding carboxylic acids is 3. The van der Waals surface area contributed by atoms with Crippen LogP contribution in [0.4, 0.5) is 5.69 Å². The van der Waals surface area contributed by atoms with E-state index in [1.807, 2.05) is 0 Å². The van der Waals surface area contributed by atoms with E-state index in [1.165, 1.54) is 43.3 Å². The van der Waals surface area contributed by atoms with Crippen LogP contribution in [0.3, 0.4) is 0 Å². The minimum atomic E-state index is -1.15. The van der Waals surface area contributed by atoms with Crippen LogP contribution in [0.2, 0.25) is 0 Å². The number of benzene rings is 1. The van der Waals surface area contributed by atoms with E-state index in [0.717, 1.165) is 16.7 Å². The molecule has 116 valence electrons. The summed E-state index contributed by atoms with van der Waals surface area (Å²) in [6.07, 6.45) is 0.141. The molecule has 0 aromatic heterocycles. The predicted octanol–water partition coefficient (Wildman–Crippen LogP) is 0.790. The molecule has 1 aliphatic rings. The van der Waals surface area contributed by atoms with Gasteiger partial charge in [0.25, 0.3) is 11.8 Å². The lowest BCUT2D eigenvalue weighted by Gasteiger charge is -2.19. The first-order valence-electron chi connectivity index (χ1n) is 6.55. The Kier molecular flexibility index (Phi) is 5.12. The van der Waals surface area contributed by atoms with Crippen LogP contribution in [0.5, 0.6) is 0 Å². The van der Waals surface area contributed by atoms with E-state index in [9.17, 15) is 24.6 Å². The second-order valence-corrected chi connectivity index (χ2v) is 5.95. The van der Waals surface area contributed by atoms with E-state index in [2.05, 4.69) is 0 Å². The number of imide groups is 1. The molecule has 22 heavy (non-hydrogen) atoms. The number of amides is 2. The molecule has 0 saturated heterocycles. The lowest BCUT2D eigenvalue weighted by atomic mass is 10.0. The molecular formula is C15H15NO5S. The molecule has 2 unspecified atom stereocenters. The first-order valence-corrected chi connectivity index (χ1v) is 7.54. The number of rotatable bonds is 5. The van der Waals surface area contributed by atoms with Crippen LogP contribution in [0.25, 0.3) is 0 Å².